The number of hydrogen-bond acceptors (Lipinski definition) is 4. The molecule has 0 aliphatic heterocycles. The van der Waals surface area contributed by atoms with Gasteiger partial charge in [-0.2, -0.15) is 0 Å². The first kappa shape index (κ1) is 22.1. The van der Waals surface area contributed by atoms with E-state index in [1.165, 1.54) is 0 Å². The summed E-state index contributed by atoms with van der Waals surface area (Å²) in [6.07, 6.45) is 2.87. The van der Waals surface area contributed by atoms with E-state index in [0.717, 1.165) is 11.9 Å². The summed E-state index contributed by atoms with van der Waals surface area (Å²) < 4.78 is 25.3. The number of aromatic nitrogens is 1. The summed E-state index contributed by atoms with van der Waals surface area (Å²) in [6, 6.07) is 5.68. The normalized spacial score (nSPS) is 12.4. The quantitative estimate of drug-likeness (QED) is 0.325. The van der Waals surface area contributed by atoms with Crippen LogP contribution in [0, 0.1) is 0 Å². The van der Waals surface area contributed by atoms with Crippen molar-refractivity contribution < 1.29 is 8.42 Å². The molecule has 0 unspecified atom stereocenters. The highest BCUT2D eigenvalue weighted by Gasteiger charge is 2.22. The number of hydrogen-bond donors (Lipinski definition) is 3. The predicted molar refractivity (Wildman–Crippen MR) is 105 cm³/mol. The van der Waals surface area contributed by atoms with Crippen LogP contribution in [0.25, 0.3) is 0 Å². The Morgan fingerprint density at radius 2 is 2.00 bits per heavy atom. The lowest BCUT2D eigenvalue weighted by molar-refractivity contribution is 0.446. The fourth-order valence-corrected chi connectivity index (χ4v) is 2.91. The Hall–Kier alpha value is -0.940. The average Bonchev–Trinajstić information content (AvgIpc) is 2.40. The third-order valence-electron chi connectivity index (χ3n) is 2.63. The third-order valence-corrected chi connectivity index (χ3v) is 3.55. The van der Waals surface area contributed by atoms with Gasteiger partial charge >= 0.3 is 0 Å². The van der Waals surface area contributed by atoms with Gasteiger partial charge in [-0.3, -0.25) is 4.98 Å². The number of pyridine rings is 1. The van der Waals surface area contributed by atoms with Gasteiger partial charge in [0.25, 0.3) is 0 Å². The second-order valence-corrected chi connectivity index (χ2v) is 7.38. The number of nitrogens with zero attached hydrogens (tertiary/aromatic N) is 2. The van der Waals surface area contributed by atoms with Gasteiger partial charge in [0, 0.05) is 24.8 Å². The van der Waals surface area contributed by atoms with E-state index in [2.05, 4.69) is 25.3 Å². The topological polar surface area (TPSA) is 95.5 Å². The zero-order valence-corrected chi connectivity index (χ0v) is 17.1. The van der Waals surface area contributed by atoms with Gasteiger partial charge in [-0.1, -0.05) is 6.07 Å². The average molecular weight is 455 g/mol. The Bertz CT molecular complexity index is 590. The second-order valence-electron chi connectivity index (χ2n) is 5.63. The summed E-state index contributed by atoms with van der Waals surface area (Å²) in [4.78, 5) is 8.65. The molecule has 9 heteroatoms. The molecule has 1 heterocycles. The van der Waals surface area contributed by atoms with Crippen molar-refractivity contribution in [2.24, 2.45) is 4.99 Å². The Balaban J connectivity index is 0.00000484. The lowest BCUT2D eigenvalue weighted by atomic mass is 10.1. The van der Waals surface area contributed by atoms with Gasteiger partial charge in [-0.25, -0.2) is 18.1 Å². The summed E-state index contributed by atoms with van der Waals surface area (Å²) >= 11 is 0. The molecule has 1 aromatic rings. The van der Waals surface area contributed by atoms with Crippen LogP contribution in [0.4, 0.5) is 0 Å². The van der Waals surface area contributed by atoms with Crippen LogP contribution in [0.3, 0.4) is 0 Å². The summed E-state index contributed by atoms with van der Waals surface area (Å²) in [5, 5.41) is 6.26. The van der Waals surface area contributed by atoms with E-state index in [-0.39, 0.29) is 24.0 Å². The van der Waals surface area contributed by atoms with Crippen LogP contribution < -0.4 is 15.4 Å². The SMILES string of the molecule is CCNC(=NCc1ccccn1)NCC(C)(C)NS(C)(=O)=O.I. The molecule has 3 N–H and O–H groups in total. The van der Waals surface area contributed by atoms with E-state index >= 15 is 0 Å². The molecule has 0 saturated carbocycles. The fourth-order valence-electron chi connectivity index (χ4n) is 1.84. The van der Waals surface area contributed by atoms with Crippen LogP contribution in [-0.4, -0.2) is 44.2 Å². The number of guanidine groups is 1. The molecule has 0 saturated heterocycles. The molecule has 0 bridgehead atoms. The summed E-state index contributed by atoms with van der Waals surface area (Å²) in [5.74, 6) is 0.622. The first-order valence-electron chi connectivity index (χ1n) is 7.13. The molecule has 0 radical (unpaired) electrons. The molecule has 7 nitrogen and oxygen atoms in total. The van der Waals surface area contributed by atoms with Crippen molar-refractivity contribution in [3.8, 4) is 0 Å². The predicted octanol–water partition coefficient (Wildman–Crippen LogP) is 1.08. The van der Waals surface area contributed by atoms with Crippen molar-refractivity contribution >= 4 is 40.0 Å². The summed E-state index contributed by atoms with van der Waals surface area (Å²) in [5.41, 5.74) is 0.252. The van der Waals surface area contributed by atoms with Crippen molar-refractivity contribution in [2.75, 3.05) is 19.3 Å². The summed E-state index contributed by atoms with van der Waals surface area (Å²) in [7, 11) is -3.26. The largest absolute Gasteiger partial charge is 0.357 e. The Morgan fingerprint density at radius 3 is 2.52 bits per heavy atom. The highest BCUT2D eigenvalue weighted by atomic mass is 127. The molecule has 0 aliphatic carbocycles. The van der Waals surface area contributed by atoms with Crippen LogP contribution in [0.15, 0.2) is 29.4 Å². The molecule has 0 spiro atoms. The lowest BCUT2D eigenvalue weighted by Crippen LogP contribution is -2.53. The lowest BCUT2D eigenvalue weighted by Gasteiger charge is -2.26. The standard InChI is InChI=1S/C14H25N5O2S.HI/c1-5-15-13(17-10-12-8-6-7-9-16-12)18-11-14(2,3)19-22(4,20)21;/h6-9,19H,5,10-11H2,1-4H3,(H2,15,17,18);1H. The highest BCUT2D eigenvalue weighted by Crippen LogP contribution is 2.02. The minimum Gasteiger partial charge on any atom is -0.357 e. The molecule has 0 amide bonds. The van der Waals surface area contributed by atoms with Gasteiger partial charge in [0.05, 0.1) is 18.5 Å². The van der Waals surface area contributed by atoms with E-state index in [9.17, 15) is 8.42 Å². The molecule has 0 fully saturated rings. The van der Waals surface area contributed by atoms with Gasteiger partial charge < -0.3 is 10.6 Å². The molecule has 132 valence electrons. The number of aliphatic imine (C=N–C) groups is 1. The van der Waals surface area contributed by atoms with E-state index in [1.807, 2.05) is 39.0 Å². The molecule has 1 aromatic heterocycles. The van der Waals surface area contributed by atoms with Gasteiger partial charge in [0.15, 0.2) is 5.96 Å². The first-order chi connectivity index (χ1) is 10.2. The smallest absolute Gasteiger partial charge is 0.209 e. The van der Waals surface area contributed by atoms with Crippen molar-refractivity contribution in [1.29, 1.82) is 0 Å². The Kier molecular flexibility index (Phi) is 9.63. The van der Waals surface area contributed by atoms with Crippen LogP contribution in [-0.2, 0) is 16.6 Å². The first-order valence-corrected chi connectivity index (χ1v) is 9.02. The van der Waals surface area contributed by atoms with E-state index in [0.29, 0.717) is 25.6 Å². The molecule has 1 rings (SSSR count). The minimum atomic E-state index is -3.26. The molecule has 0 aromatic carbocycles. The number of halogens is 1. The zero-order chi connectivity index (χ0) is 16.6. The molecular weight excluding hydrogens is 429 g/mol. The summed E-state index contributed by atoms with van der Waals surface area (Å²) in [6.45, 7) is 7.17. The third kappa shape index (κ3) is 10.4. The second kappa shape index (κ2) is 10.0. The Labute approximate surface area is 155 Å². The Morgan fingerprint density at radius 1 is 1.30 bits per heavy atom. The molecular formula is C14H26IN5O2S. The number of sulfonamides is 1. The van der Waals surface area contributed by atoms with E-state index < -0.39 is 15.6 Å². The van der Waals surface area contributed by atoms with Crippen LogP contribution in [0.1, 0.15) is 26.5 Å². The van der Waals surface area contributed by atoms with Gasteiger partial charge in [0.2, 0.25) is 10.0 Å². The van der Waals surface area contributed by atoms with Gasteiger partial charge in [-0.15, -0.1) is 24.0 Å². The van der Waals surface area contributed by atoms with Crippen molar-refractivity contribution in [3.05, 3.63) is 30.1 Å². The van der Waals surface area contributed by atoms with Gasteiger partial charge in [-0.05, 0) is 32.9 Å². The van der Waals surface area contributed by atoms with Crippen LogP contribution >= 0.6 is 24.0 Å². The zero-order valence-electron chi connectivity index (χ0n) is 14.0. The van der Waals surface area contributed by atoms with Crippen molar-refractivity contribution in [1.82, 2.24) is 20.3 Å². The molecule has 0 atom stereocenters. The fraction of sp³-hybridized carbons (Fsp3) is 0.571. The van der Waals surface area contributed by atoms with E-state index in [4.69, 9.17) is 0 Å². The maximum Gasteiger partial charge on any atom is 0.209 e. The van der Waals surface area contributed by atoms with Crippen LogP contribution in [0.2, 0.25) is 0 Å². The highest BCUT2D eigenvalue weighted by molar-refractivity contribution is 14.0. The van der Waals surface area contributed by atoms with E-state index in [1.54, 1.807) is 6.20 Å². The number of nitrogens with one attached hydrogen (secondary N) is 3. The van der Waals surface area contributed by atoms with Crippen molar-refractivity contribution in [2.45, 2.75) is 32.9 Å². The molecule has 23 heavy (non-hydrogen) atoms. The minimum absolute atomic E-state index is 0. The van der Waals surface area contributed by atoms with Crippen LogP contribution in [0.5, 0.6) is 0 Å². The maximum atomic E-state index is 11.3. The maximum absolute atomic E-state index is 11.3. The monoisotopic (exact) mass is 455 g/mol. The number of rotatable bonds is 7. The van der Waals surface area contributed by atoms with Crippen molar-refractivity contribution in [3.63, 3.8) is 0 Å². The molecule has 0 aliphatic rings. The van der Waals surface area contributed by atoms with Gasteiger partial charge in [0.1, 0.15) is 0 Å².